The van der Waals surface area contributed by atoms with Crippen molar-refractivity contribution in [1.82, 2.24) is 5.32 Å². The van der Waals surface area contributed by atoms with E-state index in [4.69, 9.17) is 9.47 Å². The third-order valence-electron chi connectivity index (χ3n) is 5.44. The van der Waals surface area contributed by atoms with Crippen LogP contribution >= 0.6 is 0 Å². The van der Waals surface area contributed by atoms with Gasteiger partial charge in [-0.25, -0.2) is 4.39 Å². The Hall–Kier alpha value is -2.27. The molecule has 27 heavy (non-hydrogen) atoms. The molecule has 144 valence electrons. The van der Waals surface area contributed by atoms with Gasteiger partial charge < -0.3 is 19.7 Å². The van der Waals surface area contributed by atoms with Gasteiger partial charge in [0, 0.05) is 36.9 Å². The van der Waals surface area contributed by atoms with Crippen LogP contribution in [0.2, 0.25) is 0 Å². The van der Waals surface area contributed by atoms with Gasteiger partial charge in [-0.05, 0) is 49.1 Å². The van der Waals surface area contributed by atoms with Crippen LogP contribution in [0.3, 0.4) is 0 Å². The highest BCUT2D eigenvalue weighted by atomic mass is 19.1. The van der Waals surface area contributed by atoms with Crippen LogP contribution in [0.15, 0.2) is 36.4 Å². The van der Waals surface area contributed by atoms with Gasteiger partial charge in [0.2, 0.25) is 0 Å². The molecule has 0 bridgehead atoms. The molecule has 2 heterocycles. The molecule has 0 spiro atoms. The van der Waals surface area contributed by atoms with E-state index < -0.39 is 0 Å². The summed E-state index contributed by atoms with van der Waals surface area (Å²) in [6.45, 7) is 5.83. The van der Waals surface area contributed by atoms with E-state index in [0.29, 0.717) is 19.8 Å². The lowest BCUT2D eigenvalue weighted by Gasteiger charge is -2.25. The van der Waals surface area contributed by atoms with E-state index >= 15 is 0 Å². The number of halogens is 1. The summed E-state index contributed by atoms with van der Waals surface area (Å²) in [5.74, 6) is 1.46. The first-order valence-electron chi connectivity index (χ1n) is 9.91. The second-order valence-corrected chi connectivity index (χ2v) is 7.18. The van der Waals surface area contributed by atoms with E-state index in [1.807, 2.05) is 24.3 Å². The Morgan fingerprint density at radius 3 is 2.63 bits per heavy atom. The predicted molar refractivity (Wildman–Crippen MR) is 105 cm³/mol. The Kier molecular flexibility index (Phi) is 5.48. The van der Waals surface area contributed by atoms with Crippen LogP contribution in [0.4, 0.5) is 10.1 Å². The van der Waals surface area contributed by atoms with Gasteiger partial charge in [0.25, 0.3) is 0 Å². The van der Waals surface area contributed by atoms with Gasteiger partial charge in [-0.3, -0.25) is 0 Å². The molecule has 4 rings (SSSR count). The molecule has 0 aromatic heterocycles. The van der Waals surface area contributed by atoms with Gasteiger partial charge in [0.1, 0.15) is 19.0 Å². The summed E-state index contributed by atoms with van der Waals surface area (Å²) in [5, 5.41) is 3.55. The topological polar surface area (TPSA) is 33.7 Å². The molecular weight excluding hydrogens is 343 g/mol. The zero-order valence-electron chi connectivity index (χ0n) is 15.8. The predicted octanol–water partition coefficient (Wildman–Crippen LogP) is 4.44. The standard InChI is InChI=1S/C22H27FN2O2/c1-2-19(16-8-9-21-22(14-16)27-13-12-26-21)24-15-17-18(23)6-5-7-20(17)25-10-3-4-11-25/h5-9,14,19,24H,2-4,10-13,15H2,1H3. The smallest absolute Gasteiger partial charge is 0.161 e. The van der Waals surface area contributed by atoms with Crippen molar-refractivity contribution in [3.8, 4) is 11.5 Å². The second-order valence-electron chi connectivity index (χ2n) is 7.18. The zero-order chi connectivity index (χ0) is 18.6. The fraction of sp³-hybridized carbons (Fsp3) is 0.455. The monoisotopic (exact) mass is 370 g/mol. The van der Waals surface area contributed by atoms with E-state index in [9.17, 15) is 4.39 Å². The quantitative estimate of drug-likeness (QED) is 0.815. The van der Waals surface area contributed by atoms with Crippen molar-refractivity contribution in [2.24, 2.45) is 0 Å². The number of benzene rings is 2. The average Bonchev–Trinajstić information content (AvgIpc) is 3.24. The minimum absolute atomic E-state index is 0.131. The molecule has 1 N–H and O–H groups in total. The van der Waals surface area contributed by atoms with E-state index in [1.54, 1.807) is 6.07 Å². The van der Waals surface area contributed by atoms with Gasteiger partial charge >= 0.3 is 0 Å². The fourth-order valence-corrected chi connectivity index (χ4v) is 3.98. The highest BCUT2D eigenvalue weighted by molar-refractivity contribution is 5.55. The normalized spacial score (nSPS) is 17.2. The van der Waals surface area contributed by atoms with Crippen LogP contribution in [-0.4, -0.2) is 26.3 Å². The third-order valence-corrected chi connectivity index (χ3v) is 5.44. The minimum atomic E-state index is -0.135. The summed E-state index contributed by atoms with van der Waals surface area (Å²) >= 11 is 0. The van der Waals surface area contributed by atoms with Crippen molar-refractivity contribution in [1.29, 1.82) is 0 Å². The number of hydrogen-bond donors (Lipinski definition) is 1. The first-order valence-corrected chi connectivity index (χ1v) is 9.91. The molecule has 4 nitrogen and oxygen atoms in total. The summed E-state index contributed by atoms with van der Waals surface area (Å²) in [6.07, 6.45) is 3.27. The van der Waals surface area contributed by atoms with Gasteiger partial charge in [-0.15, -0.1) is 0 Å². The number of ether oxygens (including phenoxy) is 2. The second kappa shape index (κ2) is 8.17. The van der Waals surface area contributed by atoms with E-state index in [1.165, 1.54) is 12.8 Å². The van der Waals surface area contributed by atoms with Gasteiger partial charge in [-0.1, -0.05) is 19.1 Å². The molecule has 0 saturated carbocycles. The maximum Gasteiger partial charge on any atom is 0.161 e. The van der Waals surface area contributed by atoms with Crippen LogP contribution in [0.25, 0.3) is 0 Å². The zero-order valence-corrected chi connectivity index (χ0v) is 15.8. The molecule has 5 heteroatoms. The average molecular weight is 370 g/mol. The lowest BCUT2D eigenvalue weighted by molar-refractivity contribution is 0.171. The summed E-state index contributed by atoms with van der Waals surface area (Å²) in [6, 6.07) is 11.6. The molecule has 0 radical (unpaired) electrons. The Morgan fingerprint density at radius 2 is 1.85 bits per heavy atom. The Bertz CT molecular complexity index is 790. The largest absolute Gasteiger partial charge is 0.486 e. The number of nitrogens with zero attached hydrogens (tertiary/aromatic N) is 1. The molecule has 1 saturated heterocycles. The summed E-state index contributed by atoms with van der Waals surface area (Å²) in [5.41, 5.74) is 2.92. The van der Waals surface area contributed by atoms with E-state index in [0.717, 1.165) is 47.8 Å². The van der Waals surface area contributed by atoms with Crippen molar-refractivity contribution in [2.75, 3.05) is 31.2 Å². The van der Waals surface area contributed by atoms with Gasteiger partial charge in [0.05, 0.1) is 0 Å². The Balaban J connectivity index is 1.52. The molecule has 2 aliphatic heterocycles. The molecule has 1 unspecified atom stereocenters. The maximum atomic E-state index is 14.6. The molecule has 2 aliphatic rings. The first-order chi connectivity index (χ1) is 13.3. The highest BCUT2D eigenvalue weighted by Crippen LogP contribution is 2.34. The van der Waals surface area contributed by atoms with E-state index in [2.05, 4.69) is 23.2 Å². The van der Waals surface area contributed by atoms with Crippen LogP contribution in [0.1, 0.15) is 43.4 Å². The summed E-state index contributed by atoms with van der Waals surface area (Å²) in [4.78, 5) is 2.30. The lowest BCUT2D eigenvalue weighted by Crippen LogP contribution is -2.25. The highest BCUT2D eigenvalue weighted by Gasteiger charge is 2.20. The van der Waals surface area contributed by atoms with Crippen LogP contribution < -0.4 is 19.7 Å². The SMILES string of the molecule is CCC(NCc1c(F)cccc1N1CCCC1)c1ccc2c(c1)OCCO2. The Labute approximate surface area is 160 Å². The molecule has 1 fully saturated rings. The molecule has 2 aromatic rings. The summed E-state index contributed by atoms with van der Waals surface area (Å²) in [7, 11) is 0. The first kappa shape index (κ1) is 18.1. The number of anilines is 1. The molecule has 1 atom stereocenters. The van der Waals surface area contributed by atoms with Crippen molar-refractivity contribution < 1.29 is 13.9 Å². The maximum absolute atomic E-state index is 14.6. The number of nitrogens with one attached hydrogen (secondary N) is 1. The lowest BCUT2D eigenvalue weighted by atomic mass is 10.0. The van der Waals surface area contributed by atoms with Gasteiger partial charge in [0.15, 0.2) is 11.5 Å². The van der Waals surface area contributed by atoms with Crippen molar-refractivity contribution >= 4 is 5.69 Å². The number of fused-ring (bicyclic) bond motifs is 1. The summed E-state index contributed by atoms with van der Waals surface area (Å²) < 4.78 is 25.9. The third kappa shape index (κ3) is 3.88. The van der Waals surface area contributed by atoms with Crippen molar-refractivity contribution in [2.45, 2.75) is 38.8 Å². The molecule has 2 aromatic carbocycles. The fourth-order valence-electron chi connectivity index (χ4n) is 3.98. The van der Waals surface area contributed by atoms with Crippen molar-refractivity contribution in [3.63, 3.8) is 0 Å². The van der Waals surface area contributed by atoms with Crippen LogP contribution in [0.5, 0.6) is 11.5 Å². The molecular formula is C22H27FN2O2. The van der Waals surface area contributed by atoms with Crippen LogP contribution in [0, 0.1) is 5.82 Å². The minimum Gasteiger partial charge on any atom is -0.486 e. The van der Waals surface area contributed by atoms with E-state index in [-0.39, 0.29) is 11.9 Å². The molecule has 0 aliphatic carbocycles. The molecule has 0 amide bonds. The Morgan fingerprint density at radius 1 is 1.07 bits per heavy atom. The number of hydrogen-bond acceptors (Lipinski definition) is 4. The van der Waals surface area contributed by atoms with Crippen LogP contribution in [-0.2, 0) is 6.54 Å². The van der Waals surface area contributed by atoms with Gasteiger partial charge in [-0.2, -0.15) is 0 Å². The van der Waals surface area contributed by atoms with Crippen molar-refractivity contribution in [3.05, 3.63) is 53.3 Å². The number of rotatable bonds is 6.